The Morgan fingerprint density at radius 3 is 2.83 bits per heavy atom. The summed E-state index contributed by atoms with van der Waals surface area (Å²) in [5.41, 5.74) is 1.40. The molecule has 2 N–H and O–H groups in total. The molecule has 1 atom stereocenters. The lowest BCUT2D eigenvalue weighted by molar-refractivity contribution is -0.119. The lowest BCUT2D eigenvalue weighted by Gasteiger charge is -2.38. The van der Waals surface area contributed by atoms with Crippen molar-refractivity contribution in [2.24, 2.45) is 0 Å². The van der Waals surface area contributed by atoms with Crippen molar-refractivity contribution in [1.82, 2.24) is 15.1 Å². The van der Waals surface area contributed by atoms with Crippen molar-refractivity contribution in [1.29, 1.82) is 0 Å². The molecular formula is C21H30N4O3S. The number of nitrogens with zero attached hydrogens (tertiary/aromatic N) is 3. The van der Waals surface area contributed by atoms with E-state index in [2.05, 4.69) is 22.4 Å². The molecule has 1 aromatic carbocycles. The number of carbonyl (C=O) groups excluding carboxylic acids is 1. The van der Waals surface area contributed by atoms with E-state index in [1.807, 2.05) is 43.9 Å². The van der Waals surface area contributed by atoms with Crippen molar-refractivity contribution >= 4 is 22.4 Å². The number of aromatic nitrogens is 2. The van der Waals surface area contributed by atoms with Crippen LogP contribution >= 0.6 is 11.3 Å². The van der Waals surface area contributed by atoms with E-state index in [1.54, 1.807) is 0 Å². The van der Waals surface area contributed by atoms with Crippen LogP contribution in [-0.4, -0.2) is 58.0 Å². The van der Waals surface area contributed by atoms with Gasteiger partial charge >= 0.3 is 0 Å². The number of piperidine rings is 1. The van der Waals surface area contributed by atoms with Crippen LogP contribution in [-0.2, 0) is 4.79 Å². The highest BCUT2D eigenvalue weighted by Crippen LogP contribution is 2.25. The summed E-state index contributed by atoms with van der Waals surface area (Å²) in [6.45, 7) is 9.78. The number of aliphatic hydroxyl groups is 1. The molecule has 1 aromatic heterocycles. The summed E-state index contributed by atoms with van der Waals surface area (Å²) in [5, 5.41) is 23.3. The van der Waals surface area contributed by atoms with Gasteiger partial charge in [0.1, 0.15) is 23.0 Å². The Balaban J connectivity index is 1.51. The summed E-state index contributed by atoms with van der Waals surface area (Å²) in [5.74, 6) is 0.900. The Labute approximate surface area is 176 Å². The molecule has 0 aliphatic carbocycles. The van der Waals surface area contributed by atoms with Crippen LogP contribution in [0.5, 0.6) is 5.75 Å². The topological polar surface area (TPSA) is 87.6 Å². The molecule has 2 heterocycles. The molecule has 2 aromatic rings. The average molecular weight is 419 g/mol. The number of likely N-dealkylation sites (tertiary alicyclic amines) is 1. The SMILES string of the molecule is Cc1ccc(OCC2(O)CCCN(CC(=O)Nc3nnc(C(C)C)s3)C2)cc1C. The van der Waals surface area contributed by atoms with Crippen LogP contribution < -0.4 is 10.1 Å². The first-order chi connectivity index (χ1) is 13.7. The van der Waals surface area contributed by atoms with Gasteiger partial charge in [-0.3, -0.25) is 15.0 Å². The highest BCUT2D eigenvalue weighted by Gasteiger charge is 2.35. The van der Waals surface area contributed by atoms with Gasteiger partial charge < -0.3 is 9.84 Å². The van der Waals surface area contributed by atoms with Crippen molar-refractivity contribution in [3.05, 3.63) is 34.3 Å². The number of carbonyl (C=O) groups is 1. The highest BCUT2D eigenvalue weighted by molar-refractivity contribution is 7.15. The smallest absolute Gasteiger partial charge is 0.240 e. The Morgan fingerprint density at radius 1 is 1.34 bits per heavy atom. The quantitative estimate of drug-likeness (QED) is 0.718. The summed E-state index contributed by atoms with van der Waals surface area (Å²) in [4.78, 5) is 14.4. The van der Waals surface area contributed by atoms with E-state index in [0.29, 0.717) is 18.1 Å². The molecule has 7 nitrogen and oxygen atoms in total. The molecule has 1 aliphatic heterocycles. The van der Waals surface area contributed by atoms with Gasteiger partial charge in [0.05, 0.1) is 6.54 Å². The first-order valence-electron chi connectivity index (χ1n) is 10.0. The van der Waals surface area contributed by atoms with Crippen LogP contribution in [0.1, 0.15) is 48.7 Å². The van der Waals surface area contributed by atoms with Crippen LogP contribution in [0.3, 0.4) is 0 Å². The van der Waals surface area contributed by atoms with E-state index in [9.17, 15) is 9.90 Å². The number of hydrogen-bond donors (Lipinski definition) is 2. The predicted molar refractivity (Wildman–Crippen MR) is 115 cm³/mol. The van der Waals surface area contributed by atoms with Gasteiger partial charge in [0, 0.05) is 12.5 Å². The molecule has 1 aliphatic rings. The molecule has 0 bridgehead atoms. The van der Waals surface area contributed by atoms with Gasteiger partial charge in [-0.25, -0.2) is 0 Å². The molecular weight excluding hydrogens is 388 g/mol. The van der Waals surface area contributed by atoms with E-state index in [-0.39, 0.29) is 25.0 Å². The molecule has 1 amide bonds. The van der Waals surface area contributed by atoms with Crippen molar-refractivity contribution in [2.45, 2.75) is 52.1 Å². The van der Waals surface area contributed by atoms with E-state index in [1.165, 1.54) is 16.9 Å². The predicted octanol–water partition coefficient (Wildman–Crippen LogP) is 3.12. The van der Waals surface area contributed by atoms with Crippen molar-refractivity contribution < 1.29 is 14.6 Å². The van der Waals surface area contributed by atoms with Gasteiger partial charge in [-0.05, 0) is 56.5 Å². The third kappa shape index (κ3) is 5.98. The van der Waals surface area contributed by atoms with Gasteiger partial charge in [-0.1, -0.05) is 31.3 Å². The summed E-state index contributed by atoms with van der Waals surface area (Å²) in [6, 6.07) is 5.93. The third-order valence-corrected chi connectivity index (χ3v) is 6.31. The summed E-state index contributed by atoms with van der Waals surface area (Å²) in [6.07, 6.45) is 1.47. The Hall–Kier alpha value is -2.03. The number of nitrogens with one attached hydrogen (secondary N) is 1. The summed E-state index contributed by atoms with van der Waals surface area (Å²) in [7, 11) is 0. The van der Waals surface area contributed by atoms with Crippen molar-refractivity contribution in [2.75, 3.05) is 31.6 Å². The Morgan fingerprint density at radius 2 is 2.14 bits per heavy atom. The molecule has 1 saturated heterocycles. The third-order valence-electron chi connectivity index (χ3n) is 5.17. The summed E-state index contributed by atoms with van der Waals surface area (Å²) < 4.78 is 5.86. The zero-order valence-electron chi connectivity index (χ0n) is 17.6. The van der Waals surface area contributed by atoms with Gasteiger partial charge in [-0.15, -0.1) is 10.2 Å². The number of aryl methyl sites for hydroxylation is 2. The average Bonchev–Trinajstić information content (AvgIpc) is 3.11. The van der Waals surface area contributed by atoms with Gasteiger partial charge in [-0.2, -0.15) is 0 Å². The van der Waals surface area contributed by atoms with Gasteiger partial charge in [0.2, 0.25) is 11.0 Å². The first kappa shape index (κ1) is 21.7. The number of rotatable bonds is 7. The minimum absolute atomic E-state index is 0.143. The van der Waals surface area contributed by atoms with E-state index in [4.69, 9.17) is 4.74 Å². The van der Waals surface area contributed by atoms with Crippen LogP contribution in [0.15, 0.2) is 18.2 Å². The van der Waals surface area contributed by atoms with Crippen LogP contribution in [0.2, 0.25) is 0 Å². The van der Waals surface area contributed by atoms with Crippen molar-refractivity contribution in [3.8, 4) is 5.75 Å². The Bertz CT molecular complexity index is 854. The number of amides is 1. The number of ether oxygens (including phenoxy) is 1. The minimum atomic E-state index is -0.967. The van der Waals surface area contributed by atoms with Crippen LogP contribution in [0.25, 0.3) is 0 Å². The first-order valence-corrected chi connectivity index (χ1v) is 10.8. The van der Waals surface area contributed by atoms with Gasteiger partial charge in [0.15, 0.2) is 0 Å². The monoisotopic (exact) mass is 418 g/mol. The normalized spacial score (nSPS) is 20.1. The minimum Gasteiger partial charge on any atom is -0.491 e. The van der Waals surface area contributed by atoms with Crippen LogP contribution in [0, 0.1) is 13.8 Å². The molecule has 158 valence electrons. The maximum Gasteiger partial charge on any atom is 0.240 e. The second-order valence-corrected chi connectivity index (χ2v) is 9.23. The fourth-order valence-electron chi connectivity index (χ4n) is 3.36. The molecule has 0 saturated carbocycles. The molecule has 0 spiro atoms. The second kappa shape index (κ2) is 9.19. The lowest BCUT2D eigenvalue weighted by atomic mass is 9.93. The van der Waals surface area contributed by atoms with E-state index < -0.39 is 5.60 Å². The fraction of sp³-hybridized carbons (Fsp3) is 0.571. The molecule has 3 rings (SSSR count). The molecule has 8 heteroatoms. The number of anilines is 1. The second-order valence-electron chi connectivity index (χ2n) is 8.22. The maximum atomic E-state index is 12.4. The fourth-order valence-corrected chi connectivity index (χ4v) is 4.12. The zero-order chi connectivity index (χ0) is 21.0. The maximum absolute atomic E-state index is 12.4. The standard InChI is InChI=1S/C21H30N4O3S/c1-14(2)19-23-24-20(29-19)22-18(26)11-25-9-5-8-21(27,12-25)13-28-17-7-6-15(3)16(4)10-17/h6-7,10,14,27H,5,8-9,11-13H2,1-4H3,(H,22,24,26). The number of benzene rings is 1. The summed E-state index contributed by atoms with van der Waals surface area (Å²) >= 11 is 1.40. The molecule has 1 fully saturated rings. The molecule has 1 unspecified atom stereocenters. The van der Waals surface area contributed by atoms with Crippen LogP contribution in [0.4, 0.5) is 5.13 Å². The Kier molecular flexibility index (Phi) is 6.87. The van der Waals surface area contributed by atoms with E-state index >= 15 is 0 Å². The highest BCUT2D eigenvalue weighted by atomic mass is 32.1. The zero-order valence-corrected chi connectivity index (χ0v) is 18.4. The molecule has 0 radical (unpaired) electrons. The van der Waals surface area contributed by atoms with Gasteiger partial charge in [0.25, 0.3) is 0 Å². The largest absolute Gasteiger partial charge is 0.491 e. The lowest BCUT2D eigenvalue weighted by Crippen LogP contribution is -2.53. The van der Waals surface area contributed by atoms with Crippen molar-refractivity contribution in [3.63, 3.8) is 0 Å². The number of hydrogen-bond acceptors (Lipinski definition) is 7. The number of β-amino-alcohol motifs (C(OH)–C–C–N with tert-alkyl or cyclic N) is 1. The van der Waals surface area contributed by atoms with E-state index in [0.717, 1.165) is 29.3 Å². The molecule has 29 heavy (non-hydrogen) atoms.